The van der Waals surface area contributed by atoms with Crippen LogP contribution in [0.3, 0.4) is 0 Å². The molecule has 29 heavy (non-hydrogen) atoms. The Morgan fingerprint density at radius 1 is 1.14 bits per heavy atom. The van der Waals surface area contributed by atoms with E-state index in [0.29, 0.717) is 23.8 Å². The fraction of sp³-hybridized carbons (Fsp3) is 0.333. The fourth-order valence-electron chi connectivity index (χ4n) is 3.12. The van der Waals surface area contributed by atoms with E-state index in [9.17, 15) is 14.0 Å². The van der Waals surface area contributed by atoms with Gasteiger partial charge in [-0.1, -0.05) is 24.3 Å². The summed E-state index contributed by atoms with van der Waals surface area (Å²) in [5.74, 6) is -0.363. The summed E-state index contributed by atoms with van der Waals surface area (Å²) in [5.41, 5.74) is 0.453. The largest absolute Gasteiger partial charge is 0.483 e. The van der Waals surface area contributed by atoms with Gasteiger partial charge >= 0.3 is 0 Å². The van der Waals surface area contributed by atoms with Gasteiger partial charge in [0.05, 0.1) is 11.3 Å². The third-order valence-electron chi connectivity index (χ3n) is 4.64. The third kappa shape index (κ3) is 6.73. The van der Waals surface area contributed by atoms with Crippen LogP contribution >= 0.6 is 12.4 Å². The second-order valence-corrected chi connectivity index (χ2v) is 6.72. The molecule has 2 aromatic carbocycles. The van der Waals surface area contributed by atoms with E-state index in [2.05, 4.69) is 16.0 Å². The molecule has 8 heteroatoms. The minimum Gasteiger partial charge on any atom is -0.483 e. The average molecular weight is 422 g/mol. The Morgan fingerprint density at radius 3 is 2.66 bits per heavy atom. The number of ether oxygens (including phenoxy) is 1. The maximum atomic E-state index is 13.6. The smallest absolute Gasteiger partial charge is 0.262 e. The van der Waals surface area contributed by atoms with Gasteiger partial charge in [0.15, 0.2) is 6.61 Å². The van der Waals surface area contributed by atoms with E-state index in [-0.39, 0.29) is 30.6 Å². The van der Waals surface area contributed by atoms with Crippen molar-refractivity contribution in [2.24, 2.45) is 5.92 Å². The molecule has 1 saturated heterocycles. The van der Waals surface area contributed by atoms with Gasteiger partial charge in [-0.2, -0.15) is 0 Å². The summed E-state index contributed by atoms with van der Waals surface area (Å²) in [5, 5.41) is 8.66. The molecule has 6 nitrogen and oxygen atoms in total. The number of hydrogen-bond donors (Lipinski definition) is 3. The predicted octanol–water partition coefficient (Wildman–Crippen LogP) is 2.99. The molecular formula is C21H25ClFN3O3. The molecule has 1 aliphatic rings. The summed E-state index contributed by atoms with van der Waals surface area (Å²) < 4.78 is 19.1. The first-order chi connectivity index (χ1) is 13.6. The van der Waals surface area contributed by atoms with Crippen LogP contribution < -0.4 is 20.7 Å². The van der Waals surface area contributed by atoms with Crippen molar-refractivity contribution in [1.82, 2.24) is 10.6 Å². The van der Waals surface area contributed by atoms with Crippen LogP contribution in [-0.4, -0.2) is 38.1 Å². The van der Waals surface area contributed by atoms with E-state index in [1.54, 1.807) is 36.4 Å². The summed E-state index contributed by atoms with van der Waals surface area (Å²) in [7, 11) is 0. The Hall–Kier alpha value is -2.64. The molecule has 0 spiro atoms. The van der Waals surface area contributed by atoms with Crippen LogP contribution in [0.1, 0.15) is 23.2 Å². The van der Waals surface area contributed by atoms with Crippen molar-refractivity contribution in [2.75, 3.05) is 31.6 Å². The van der Waals surface area contributed by atoms with Crippen molar-refractivity contribution in [3.63, 3.8) is 0 Å². The first-order valence-corrected chi connectivity index (χ1v) is 9.38. The quantitative estimate of drug-likeness (QED) is 0.612. The summed E-state index contributed by atoms with van der Waals surface area (Å²) >= 11 is 0. The number of carbonyl (C=O) groups is 2. The van der Waals surface area contributed by atoms with Gasteiger partial charge in [-0.3, -0.25) is 9.59 Å². The molecule has 2 amide bonds. The van der Waals surface area contributed by atoms with Crippen LogP contribution in [0, 0.1) is 11.7 Å². The van der Waals surface area contributed by atoms with Crippen molar-refractivity contribution < 1.29 is 18.7 Å². The number of hydrogen-bond acceptors (Lipinski definition) is 4. The molecule has 1 heterocycles. The van der Waals surface area contributed by atoms with E-state index in [0.717, 1.165) is 25.9 Å². The Labute approximate surface area is 175 Å². The number of halogens is 2. The van der Waals surface area contributed by atoms with Crippen molar-refractivity contribution in [3.05, 3.63) is 59.9 Å². The highest BCUT2D eigenvalue weighted by Gasteiger charge is 2.16. The normalized spacial score (nSPS) is 15.3. The number of carbonyl (C=O) groups excluding carboxylic acids is 2. The van der Waals surface area contributed by atoms with Crippen LogP contribution in [-0.2, 0) is 4.79 Å². The summed E-state index contributed by atoms with van der Waals surface area (Å²) in [4.78, 5) is 24.5. The number of para-hydroxylation sites is 2. The van der Waals surface area contributed by atoms with Crippen molar-refractivity contribution in [2.45, 2.75) is 12.8 Å². The second kappa shape index (κ2) is 11.4. The third-order valence-corrected chi connectivity index (χ3v) is 4.64. The van der Waals surface area contributed by atoms with Gasteiger partial charge in [0.1, 0.15) is 11.6 Å². The molecule has 1 aliphatic heterocycles. The monoisotopic (exact) mass is 421 g/mol. The maximum Gasteiger partial charge on any atom is 0.262 e. The summed E-state index contributed by atoms with van der Waals surface area (Å²) in [6, 6.07) is 12.6. The van der Waals surface area contributed by atoms with Gasteiger partial charge in [0, 0.05) is 6.54 Å². The van der Waals surface area contributed by atoms with Gasteiger partial charge in [0.25, 0.3) is 11.8 Å². The zero-order valence-electron chi connectivity index (χ0n) is 15.9. The first-order valence-electron chi connectivity index (χ1n) is 9.38. The van der Waals surface area contributed by atoms with Crippen LogP contribution in [0.2, 0.25) is 0 Å². The molecule has 0 aliphatic carbocycles. The van der Waals surface area contributed by atoms with Gasteiger partial charge in [0.2, 0.25) is 0 Å². The topological polar surface area (TPSA) is 79.5 Å². The van der Waals surface area contributed by atoms with E-state index in [1.807, 2.05) is 0 Å². The molecule has 2 aromatic rings. The lowest BCUT2D eigenvalue weighted by Crippen LogP contribution is -2.27. The maximum absolute atomic E-state index is 13.6. The number of nitrogens with one attached hydrogen (secondary N) is 3. The summed E-state index contributed by atoms with van der Waals surface area (Å²) in [6.45, 7) is 2.29. The van der Waals surface area contributed by atoms with Crippen molar-refractivity contribution >= 4 is 29.9 Å². The Morgan fingerprint density at radius 2 is 1.90 bits per heavy atom. The van der Waals surface area contributed by atoms with Gasteiger partial charge in [-0.05, 0) is 56.1 Å². The molecule has 0 radical (unpaired) electrons. The van der Waals surface area contributed by atoms with E-state index in [4.69, 9.17) is 4.74 Å². The van der Waals surface area contributed by atoms with Crippen LogP contribution in [0.25, 0.3) is 0 Å². The first kappa shape index (κ1) is 22.6. The SMILES string of the molecule is Cl.O=C(COc1ccccc1C(=O)NCCC1CCNC1)Nc1ccccc1F. The minimum atomic E-state index is -0.520. The van der Waals surface area contributed by atoms with Gasteiger partial charge < -0.3 is 20.7 Å². The lowest BCUT2D eigenvalue weighted by molar-refractivity contribution is -0.118. The van der Waals surface area contributed by atoms with E-state index in [1.165, 1.54) is 12.1 Å². The molecule has 1 unspecified atom stereocenters. The molecule has 3 N–H and O–H groups in total. The van der Waals surface area contributed by atoms with E-state index < -0.39 is 11.7 Å². The van der Waals surface area contributed by atoms with Crippen molar-refractivity contribution in [1.29, 1.82) is 0 Å². The van der Waals surface area contributed by atoms with Gasteiger partial charge in [-0.25, -0.2) is 4.39 Å². The van der Waals surface area contributed by atoms with Gasteiger partial charge in [-0.15, -0.1) is 12.4 Å². The zero-order chi connectivity index (χ0) is 19.8. The molecular weight excluding hydrogens is 397 g/mol. The lowest BCUT2D eigenvalue weighted by atomic mass is 10.1. The lowest BCUT2D eigenvalue weighted by Gasteiger charge is -2.13. The van der Waals surface area contributed by atoms with Crippen LogP contribution in [0.4, 0.5) is 10.1 Å². The molecule has 0 aromatic heterocycles. The highest BCUT2D eigenvalue weighted by atomic mass is 35.5. The van der Waals surface area contributed by atoms with Crippen LogP contribution in [0.5, 0.6) is 5.75 Å². The average Bonchev–Trinajstić information content (AvgIpc) is 3.22. The number of benzene rings is 2. The Kier molecular flexibility index (Phi) is 8.89. The number of rotatable bonds is 8. The Balaban J connectivity index is 0.00000300. The second-order valence-electron chi connectivity index (χ2n) is 6.72. The molecule has 1 fully saturated rings. The summed E-state index contributed by atoms with van der Waals surface area (Å²) in [6.07, 6.45) is 2.06. The number of amides is 2. The van der Waals surface area contributed by atoms with E-state index >= 15 is 0 Å². The van der Waals surface area contributed by atoms with Crippen molar-refractivity contribution in [3.8, 4) is 5.75 Å². The predicted molar refractivity (Wildman–Crippen MR) is 112 cm³/mol. The molecule has 3 rings (SSSR count). The Bertz CT molecular complexity index is 828. The molecule has 0 bridgehead atoms. The number of anilines is 1. The standard InChI is InChI=1S/C21H24FN3O3.ClH/c22-17-6-2-3-7-18(17)25-20(26)14-28-19-8-4-1-5-16(19)21(27)24-12-10-15-9-11-23-13-15;/h1-8,15,23H,9-14H2,(H,24,27)(H,25,26);1H. The van der Waals surface area contributed by atoms with Crippen LogP contribution in [0.15, 0.2) is 48.5 Å². The highest BCUT2D eigenvalue weighted by molar-refractivity contribution is 5.97. The zero-order valence-corrected chi connectivity index (χ0v) is 16.8. The minimum absolute atomic E-state index is 0. The highest BCUT2D eigenvalue weighted by Crippen LogP contribution is 2.19. The molecule has 0 saturated carbocycles. The molecule has 1 atom stereocenters. The molecule has 156 valence electrons. The fourth-order valence-corrected chi connectivity index (χ4v) is 3.12.